The number of carbonyl (C=O) groups is 1. The average Bonchev–Trinajstić information content (AvgIpc) is 2.83. The van der Waals surface area contributed by atoms with E-state index < -0.39 is 0 Å². The van der Waals surface area contributed by atoms with Crippen LogP contribution < -0.4 is 10.6 Å². The third-order valence-electron chi connectivity index (χ3n) is 3.59. The smallest absolute Gasteiger partial charge is 0.206 e. The van der Waals surface area contributed by atoms with E-state index in [2.05, 4.69) is 36.4 Å². The van der Waals surface area contributed by atoms with E-state index in [-0.39, 0.29) is 0 Å². The Hall–Kier alpha value is -0.610. The van der Waals surface area contributed by atoms with Gasteiger partial charge in [0.25, 0.3) is 0 Å². The minimum absolute atomic E-state index is 0.625. The van der Waals surface area contributed by atoms with Gasteiger partial charge in [0.05, 0.1) is 0 Å². The lowest BCUT2D eigenvalue weighted by atomic mass is 10.1. The molecular formula is C15H33N3O. The normalized spacial score (nSPS) is 21.9. The maximum absolute atomic E-state index is 9.06. The Bertz CT molecular complexity index is 212. The molecule has 114 valence electrons. The first kappa shape index (κ1) is 18.4. The largest absolute Gasteiger partial charge is 0.362 e. The van der Waals surface area contributed by atoms with Crippen LogP contribution in [0, 0.1) is 0 Å². The van der Waals surface area contributed by atoms with Gasteiger partial charge in [-0.3, -0.25) is 4.79 Å². The summed E-state index contributed by atoms with van der Waals surface area (Å²) in [6.07, 6.45) is 8.77. The zero-order valence-corrected chi connectivity index (χ0v) is 13.2. The van der Waals surface area contributed by atoms with Gasteiger partial charge in [0.1, 0.15) is 0 Å². The van der Waals surface area contributed by atoms with Crippen LogP contribution in [0.15, 0.2) is 0 Å². The van der Waals surface area contributed by atoms with Crippen LogP contribution in [0.2, 0.25) is 0 Å². The summed E-state index contributed by atoms with van der Waals surface area (Å²) in [7, 11) is 3.82. The van der Waals surface area contributed by atoms with Gasteiger partial charge in [0.15, 0.2) is 0 Å². The maximum atomic E-state index is 9.06. The van der Waals surface area contributed by atoms with Crippen molar-refractivity contribution in [3.05, 3.63) is 0 Å². The van der Waals surface area contributed by atoms with Crippen molar-refractivity contribution in [2.45, 2.75) is 64.5 Å². The predicted octanol–water partition coefficient (Wildman–Crippen LogP) is 2.00. The highest BCUT2D eigenvalue weighted by Crippen LogP contribution is 2.14. The van der Waals surface area contributed by atoms with Crippen molar-refractivity contribution in [1.29, 1.82) is 0 Å². The van der Waals surface area contributed by atoms with Gasteiger partial charge in [-0.15, -0.1) is 0 Å². The Morgan fingerprint density at radius 3 is 2.47 bits per heavy atom. The molecule has 1 rings (SSSR count). The Kier molecular flexibility index (Phi) is 12.0. The standard InChI is InChI=1S/C13H28N2.C2H5NO/c1-4-5-6-10-15(3)11-9-13-8-7-12(2)14-13;1-3-2-4/h12-14H,4-11H2,1-3H3;2H,1H3,(H,3,4). The molecule has 0 aromatic rings. The summed E-state index contributed by atoms with van der Waals surface area (Å²) in [6, 6.07) is 1.54. The molecule has 1 amide bonds. The fourth-order valence-corrected chi connectivity index (χ4v) is 2.37. The molecule has 4 nitrogen and oxygen atoms in total. The summed E-state index contributed by atoms with van der Waals surface area (Å²) in [6.45, 7) is 7.10. The first-order valence-corrected chi connectivity index (χ1v) is 7.69. The lowest BCUT2D eigenvalue weighted by Crippen LogP contribution is -2.31. The molecule has 2 atom stereocenters. The van der Waals surface area contributed by atoms with Gasteiger partial charge in [0.2, 0.25) is 6.41 Å². The van der Waals surface area contributed by atoms with Crippen LogP contribution in [-0.4, -0.2) is 50.6 Å². The van der Waals surface area contributed by atoms with Gasteiger partial charge in [-0.1, -0.05) is 19.8 Å². The number of hydrogen-bond acceptors (Lipinski definition) is 3. The SMILES string of the molecule is CCCCCN(C)CCC1CCC(C)N1.CNC=O. The lowest BCUT2D eigenvalue weighted by molar-refractivity contribution is -0.109. The van der Waals surface area contributed by atoms with E-state index in [0.29, 0.717) is 6.41 Å². The van der Waals surface area contributed by atoms with Gasteiger partial charge >= 0.3 is 0 Å². The molecule has 2 unspecified atom stereocenters. The van der Waals surface area contributed by atoms with Gasteiger partial charge in [0, 0.05) is 19.1 Å². The summed E-state index contributed by atoms with van der Waals surface area (Å²) in [5, 5.41) is 5.90. The molecule has 19 heavy (non-hydrogen) atoms. The number of hydrogen-bond donors (Lipinski definition) is 2. The zero-order valence-electron chi connectivity index (χ0n) is 13.2. The van der Waals surface area contributed by atoms with Crippen molar-refractivity contribution in [2.75, 3.05) is 27.2 Å². The minimum Gasteiger partial charge on any atom is -0.362 e. The zero-order chi connectivity index (χ0) is 14.5. The van der Waals surface area contributed by atoms with Gasteiger partial charge in [-0.05, 0) is 52.7 Å². The Morgan fingerprint density at radius 1 is 1.32 bits per heavy atom. The number of amides is 1. The molecule has 1 fully saturated rings. The van der Waals surface area contributed by atoms with Crippen molar-refractivity contribution in [3.63, 3.8) is 0 Å². The first-order chi connectivity index (χ1) is 9.13. The molecule has 1 aliphatic heterocycles. The molecule has 1 heterocycles. The molecule has 0 bridgehead atoms. The second-order valence-corrected chi connectivity index (χ2v) is 5.55. The number of nitrogens with zero attached hydrogens (tertiary/aromatic N) is 1. The number of nitrogens with one attached hydrogen (secondary N) is 2. The molecule has 0 aliphatic carbocycles. The molecular weight excluding hydrogens is 238 g/mol. The highest BCUT2D eigenvalue weighted by Gasteiger charge is 2.19. The fourth-order valence-electron chi connectivity index (χ4n) is 2.37. The molecule has 0 saturated carbocycles. The van der Waals surface area contributed by atoms with E-state index >= 15 is 0 Å². The summed E-state index contributed by atoms with van der Waals surface area (Å²) >= 11 is 0. The second-order valence-electron chi connectivity index (χ2n) is 5.55. The Morgan fingerprint density at radius 2 is 2.00 bits per heavy atom. The fraction of sp³-hybridized carbons (Fsp3) is 0.933. The minimum atomic E-state index is 0.625. The van der Waals surface area contributed by atoms with Crippen molar-refractivity contribution < 1.29 is 4.79 Å². The first-order valence-electron chi connectivity index (χ1n) is 7.69. The number of carbonyl (C=O) groups excluding carboxylic acids is 1. The van der Waals surface area contributed by atoms with Crippen LogP contribution in [-0.2, 0) is 4.79 Å². The lowest BCUT2D eigenvalue weighted by Gasteiger charge is -2.19. The van der Waals surface area contributed by atoms with Crippen LogP contribution in [0.5, 0.6) is 0 Å². The van der Waals surface area contributed by atoms with Crippen LogP contribution in [0.25, 0.3) is 0 Å². The third kappa shape index (κ3) is 11.0. The molecule has 1 aliphatic rings. The highest BCUT2D eigenvalue weighted by atomic mass is 16.1. The molecule has 2 N–H and O–H groups in total. The third-order valence-corrected chi connectivity index (χ3v) is 3.59. The monoisotopic (exact) mass is 271 g/mol. The molecule has 1 saturated heterocycles. The van der Waals surface area contributed by atoms with Crippen molar-refractivity contribution in [1.82, 2.24) is 15.5 Å². The number of rotatable bonds is 8. The van der Waals surface area contributed by atoms with Crippen LogP contribution in [0.4, 0.5) is 0 Å². The summed E-state index contributed by atoms with van der Waals surface area (Å²) in [5.41, 5.74) is 0. The van der Waals surface area contributed by atoms with E-state index in [0.717, 1.165) is 12.1 Å². The molecule has 0 spiro atoms. The van der Waals surface area contributed by atoms with Gasteiger partial charge < -0.3 is 15.5 Å². The molecule has 0 aromatic heterocycles. The molecule has 4 heteroatoms. The summed E-state index contributed by atoms with van der Waals surface area (Å²) in [4.78, 5) is 11.5. The Balaban J connectivity index is 0.000000711. The quantitative estimate of drug-likeness (QED) is 0.524. The van der Waals surface area contributed by atoms with E-state index in [9.17, 15) is 0 Å². The maximum Gasteiger partial charge on any atom is 0.206 e. The number of unbranched alkanes of at least 4 members (excludes halogenated alkanes) is 2. The van der Waals surface area contributed by atoms with Crippen molar-refractivity contribution >= 4 is 6.41 Å². The van der Waals surface area contributed by atoms with Crippen LogP contribution in [0.3, 0.4) is 0 Å². The Labute approximate surface area is 119 Å². The van der Waals surface area contributed by atoms with E-state index in [1.807, 2.05) is 0 Å². The van der Waals surface area contributed by atoms with Crippen LogP contribution in [0.1, 0.15) is 52.4 Å². The van der Waals surface area contributed by atoms with E-state index in [4.69, 9.17) is 4.79 Å². The molecule has 0 aromatic carbocycles. The topological polar surface area (TPSA) is 44.4 Å². The average molecular weight is 271 g/mol. The summed E-state index contributed by atoms with van der Waals surface area (Å²) < 4.78 is 0. The summed E-state index contributed by atoms with van der Waals surface area (Å²) in [5.74, 6) is 0. The van der Waals surface area contributed by atoms with Gasteiger partial charge in [-0.2, -0.15) is 0 Å². The van der Waals surface area contributed by atoms with E-state index in [1.54, 1.807) is 7.05 Å². The van der Waals surface area contributed by atoms with E-state index in [1.165, 1.54) is 51.6 Å². The van der Waals surface area contributed by atoms with Gasteiger partial charge in [-0.25, -0.2) is 0 Å². The predicted molar refractivity (Wildman–Crippen MR) is 82.4 cm³/mol. The van der Waals surface area contributed by atoms with Crippen molar-refractivity contribution in [2.24, 2.45) is 0 Å². The second kappa shape index (κ2) is 12.4. The highest BCUT2D eigenvalue weighted by molar-refractivity contribution is 5.44. The van der Waals surface area contributed by atoms with Crippen LogP contribution >= 0.6 is 0 Å². The molecule has 0 radical (unpaired) electrons. The van der Waals surface area contributed by atoms with Crippen molar-refractivity contribution in [3.8, 4) is 0 Å².